The molecule has 174 valence electrons. The third-order valence-electron chi connectivity index (χ3n) is 4.71. The molecule has 0 radical (unpaired) electrons. The molecule has 4 rings (SSSR count). The average molecular weight is 654 g/mol. The van der Waals surface area contributed by atoms with Crippen LogP contribution in [0, 0.1) is 3.57 Å². The van der Waals surface area contributed by atoms with E-state index in [-0.39, 0.29) is 5.76 Å². The molecule has 0 unspecified atom stereocenters. The van der Waals surface area contributed by atoms with Gasteiger partial charge in [0.1, 0.15) is 12.2 Å². The number of nitrogens with one attached hydrogen (secondary N) is 1. The van der Waals surface area contributed by atoms with Gasteiger partial charge in [-0.3, -0.25) is 4.79 Å². The van der Waals surface area contributed by atoms with Gasteiger partial charge >= 0.3 is 5.91 Å². The van der Waals surface area contributed by atoms with Crippen LogP contribution in [0.25, 0.3) is 11.0 Å². The number of amides is 1. The van der Waals surface area contributed by atoms with Crippen LogP contribution >= 0.6 is 50.1 Å². The van der Waals surface area contributed by atoms with Crippen LogP contribution in [-0.2, 0) is 6.61 Å². The molecule has 0 aliphatic heterocycles. The summed E-state index contributed by atoms with van der Waals surface area (Å²) in [6.07, 6.45) is 1.48. The van der Waals surface area contributed by atoms with Crippen LogP contribution in [-0.4, -0.2) is 18.7 Å². The number of hydrogen-bond donors (Lipinski definition) is 1. The van der Waals surface area contributed by atoms with E-state index < -0.39 is 5.91 Å². The summed E-state index contributed by atoms with van der Waals surface area (Å²) in [5.74, 6) is 0.655. The molecule has 0 bridgehead atoms. The van der Waals surface area contributed by atoms with Crippen LogP contribution in [0.3, 0.4) is 0 Å². The van der Waals surface area contributed by atoms with Crippen LogP contribution in [0.4, 0.5) is 0 Å². The second-order valence-corrected chi connectivity index (χ2v) is 9.74. The Morgan fingerprint density at radius 1 is 1.15 bits per heavy atom. The van der Waals surface area contributed by atoms with Crippen molar-refractivity contribution in [2.75, 3.05) is 6.61 Å². The minimum Gasteiger partial charge on any atom is -0.490 e. The fraction of sp³-hybridized carbons (Fsp3) is 0.120. The van der Waals surface area contributed by atoms with Crippen molar-refractivity contribution in [1.82, 2.24) is 5.43 Å². The van der Waals surface area contributed by atoms with Crippen LogP contribution in [0.15, 0.2) is 74.7 Å². The molecular formula is C25H19BrClIN2O4. The van der Waals surface area contributed by atoms with Crippen molar-refractivity contribution in [1.29, 1.82) is 0 Å². The highest BCUT2D eigenvalue weighted by molar-refractivity contribution is 14.1. The van der Waals surface area contributed by atoms with Crippen molar-refractivity contribution >= 4 is 73.2 Å². The molecule has 34 heavy (non-hydrogen) atoms. The summed E-state index contributed by atoms with van der Waals surface area (Å²) in [7, 11) is 0. The summed E-state index contributed by atoms with van der Waals surface area (Å²) in [6, 6.07) is 18.7. The Labute approximate surface area is 223 Å². The minimum atomic E-state index is -0.461. The third kappa shape index (κ3) is 6.11. The van der Waals surface area contributed by atoms with Crippen molar-refractivity contribution in [3.05, 3.63) is 90.6 Å². The molecule has 1 amide bonds. The number of furan rings is 1. The quantitative estimate of drug-likeness (QED) is 0.124. The molecule has 0 atom stereocenters. The molecule has 9 heteroatoms. The number of hydrazone groups is 1. The number of carbonyl (C=O) groups excluding carboxylic acids is 1. The molecule has 0 saturated heterocycles. The molecule has 6 nitrogen and oxygen atoms in total. The molecule has 0 fully saturated rings. The van der Waals surface area contributed by atoms with E-state index in [1.165, 1.54) is 6.21 Å². The standard InChI is InChI=1S/C25H19BrClIN2O4/c1-2-32-22-10-16(9-20(27)24(22)33-14-15-3-6-19(28)7-4-15)13-29-30-25(31)23-12-17-11-18(26)5-8-21(17)34-23/h3-13H,2,14H2,1H3,(H,30,31)/b29-13+. The van der Waals surface area contributed by atoms with E-state index in [0.29, 0.717) is 40.9 Å². The summed E-state index contributed by atoms with van der Waals surface area (Å²) < 4.78 is 19.3. The topological polar surface area (TPSA) is 73.1 Å². The van der Waals surface area contributed by atoms with Gasteiger partial charge in [0.15, 0.2) is 17.3 Å². The monoisotopic (exact) mass is 652 g/mol. The molecule has 4 aromatic rings. The Balaban J connectivity index is 1.46. The molecular weight excluding hydrogens is 635 g/mol. The van der Waals surface area contributed by atoms with Crippen molar-refractivity contribution in [3.8, 4) is 11.5 Å². The smallest absolute Gasteiger partial charge is 0.307 e. The number of benzene rings is 3. The fourth-order valence-corrected chi connectivity index (χ4v) is 4.16. The normalized spacial score (nSPS) is 11.2. The van der Waals surface area contributed by atoms with Gasteiger partial charge in [-0.15, -0.1) is 0 Å². The van der Waals surface area contributed by atoms with Crippen LogP contribution < -0.4 is 14.9 Å². The summed E-state index contributed by atoms with van der Waals surface area (Å²) in [4.78, 5) is 12.4. The van der Waals surface area contributed by atoms with Gasteiger partial charge in [-0.2, -0.15) is 5.10 Å². The Morgan fingerprint density at radius 2 is 1.94 bits per heavy atom. The summed E-state index contributed by atoms with van der Waals surface area (Å²) in [5, 5.41) is 5.23. The summed E-state index contributed by atoms with van der Waals surface area (Å²) in [6.45, 7) is 2.67. The maximum Gasteiger partial charge on any atom is 0.307 e. The van der Waals surface area contributed by atoms with Crippen LogP contribution in [0.5, 0.6) is 11.5 Å². The van der Waals surface area contributed by atoms with Crippen LogP contribution in [0.2, 0.25) is 5.02 Å². The van der Waals surface area contributed by atoms with Crippen molar-refractivity contribution in [2.24, 2.45) is 5.10 Å². The van der Waals surface area contributed by atoms with Gasteiger partial charge in [-0.25, -0.2) is 5.43 Å². The summed E-state index contributed by atoms with van der Waals surface area (Å²) in [5.41, 5.74) is 4.75. The lowest BCUT2D eigenvalue weighted by molar-refractivity contribution is 0.0929. The molecule has 0 aliphatic carbocycles. The SMILES string of the molecule is CCOc1cc(/C=N/NC(=O)c2cc3cc(Br)ccc3o2)cc(Cl)c1OCc1ccc(I)cc1. The Bertz CT molecular complexity index is 1360. The highest BCUT2D eigenvalue weighted by atomic mass is 127. The molecule has 3 aromatic carbocycles. The first kappa shape index (κ1) is 24.6. The minimum absolute atomic E-state index is 0.164. The molecule has 0 spiro atoms. The maximum absolute atomic E-state index is 12.4. The lowest BCUT2D eigenvalue weighted by Gasteiger charge is -2.14. The number of ether oxygens (including phenoxy) is 2. The summed E-state index contributed by atoms with van der Waals surface area (Å²) >= 11 is 12.1. The number of nitrogens with zero attached hydrogens (tertiary/aromatic N) is 1. The van der Waals surface area contributed by atoms with Crippen molar-refractivity contribution < 1.29 is 18.7 Å². The predicted octanol–water partition coefficient (Wildman–Crippen LogP) is 7.19. The highest BCUT2D eigenvalue weighted by Crippen LogP contribution is 2.37. The van der Waals surface area contributed by atoms with Gasteiger partial charge in [0.25, 0.3) is 0 Å². The Morgan fingerprint density at radius 3 is 2.71 bits per heavy atom. The average Bonchev–Trinajstić information content (AvgIpc) is 3.23. The highest BCUT2D eigenvalue weighted by Gasteiger charge is 2.14. The second kappa shape index (κ2) is 11.2. The zero-order valence-electron chi connectivity index (χ0n) is 18.0. The van der Waals surface area contributed by atoms with E-state index in [0.717, 1.165) is 19.0 Å². The maximum atomic E-state index is 12.4. The van der Waals surface area contributed by atoms with Gasteiger partial charge in [-0.1, -0.05) is 39.7 Å². The lowest BCUT2D eigenvalue weighted by Crippen LogP contribution is -2.16. The second-order valence-electron chi connectivity index (χ2n) is 7.17. The molecule has 0 aliphatic rings. The zero-order valence-corrected chi connectivity index (χ0v) is 22.5. The number of fused-ring (bicyclic) bond motifs is 1. The van der Waals surface area contributed by atoms with E-state index in [4.69, 9.17) is 25.5 Å². The van der Waals surface area contributed by atoms with Crippen molar-refractivity contribution in [3.63, 3.8) is 0 Å². The van der Waals surface area contributed by atoms with Gasteiger partial charge in [0, 0.05) is 13.4 Å². The van der Waals surface area contributed by atoms with E-state index in [1.54, 1.807) is 24.3 Å². The Kier molecular flexibility index (Phi) is 8.12. The number of carbonyl (C=O) groups is 1. The fourth-order valence-electron chi connectivity index (χ4n) is 3.15. The van der Waals surface area contributed by atoms with Gasteiger partial charge in [0.05, 0.1) is 17.8 Å². The van der Waals surface area contributed by atoms with E-state index in [1.807, 2.05) is 43.3 Å². The van der Waals surface area contributed by atoms with E-state index >= 15 is 0 Å². The molecule has 1 N–H and O–H groups in total. The largest absolute Gasteiger partial charge is 0.490 e. The number of halogens is 3. The zero-order chi connectivity index (χ0) is 24.1. The first-order valence-electron chi connectivity index (χ1n) is 10.3. The van der Waals surface area contributed by atoms with Crippen LogP contribution in [0.1, 0.15) is 28.6 Å². The van der Waals surface area contributed by atoms with Gasteiger partial charge < -0.3 is 13.9 Å². The number of rotatable bonds is 8. The van der Waals surface area contributed by atoms with Gasteiger partial charge in [-0.05, 0) is 89.2 Å². The van der Waals surface area contributed by atoms with E-state index in [9.17, 15) is 4.79 Å². The van der Waals surface area contributed by atoms with Gasteiger partial charge in [0.2, 0.25) is 0 Å². The predicted molar refractivity (Wildman–Crippen MR) is 145 cm³/mol. The molecule has 1 aromatic heterocycles. The first-order valence-corrected chi connectivity index (χ1v) is 12.5. The van der Waals surface area contributed by atoms with E-state index in [2.05, 4.69) is 49.0 Å². The third-order valence-corrected chi connectivity index (χ3v) is 6.20. The van der Waals surface area contributed by atoms with Crippen molar-refractivity contribution in [2.45, 2.75) is 13.5 Å². The Hall–Kier alpha value is -2.56. The number of hydrogen-bond acceptors (Lipinski definition) is 5. The molecule has 0 saturated carbocycles. The lowest BCUT2D eigenvalue weighted by atomic mass is 10.2. The first-order chi connectivity index (χ1) is 16.4. The molecule has 1 heterocycles.